The number of carbonyl (C=O) groups excluding carboxylic acids is 2. The third-order valence-corrected chi connectivity index (χ3v) is 4.71. The summed E-state index contributed by atoms with van der Waals surface area (Å²) < 4.78 is 0. The van der Waals surface area contributed by atoms with E-state index in [1.54, 1.807) is 0 Å². The average Bonchev–Trinajstić information content (AvgIpc) is 2.66. The molecule has 0 bridgehead atoms. The van der Waals surface area contributed by atoms with Crippen molar-refractivity contribution in [3.63, 3.8) is 0 Å². The van der Waals surface area contributed by atoms with Crippen molar-refractivity contribution in [2.24, 2.45) is 0 Å². The molecule has 4 heteroatoms. The van der Waals surface area contributed by atoms with Gasteiger partial charge in [-0.2, -0.15) is 0 Å². The van der Waals surface area contributed by atoms with E-state index in [1.807, 2.05) is 40.1 Å². The summed E-state index contributed by atoms with van der Waals surface area (Å²) in [5.41, 5.74) is 1.13. The van der Waals surface area contributed by atoms with Crippen LogP contribution < -0.4 is 0 Å². The van der Waals surface area contributed by atoms with Crippen LogP contribution in [-0.4, -0.2) is 40.7 Å². The first-order valence-corrected chi connectivity index (χ1v) is 7.83. The Morgan fingerprint density at radius 2 is 1.86 bits per heavy atom. The molecule has 2 aliphatic rings. The second-order valence-corrected chi connectivity index (χ2v) is 5.97. The van der Waals surface area contributed by atoms with Gasteiger partial charge in [-0.3, -0.25) is 9.59 Å². The summed E-state index contributed by atoms with van der Waals surface area (Å²) in [5, 5.41) is 0. The zero-order valence-corrected chi connectivity index (χ0v) is 12.5. The quantitative estimate of drug-likeness (QED) is 0.837. The minimum atomic E-state index is -0.236. The zero-order chi connectivity index (χ0) is 14.8. The molecule has 0 spiro atoms. The normalized spacial score (nSPS) is 24.5. The lowest BCUT2D eigenvalue weighted by molar-refractivity contribution is -0.144. The molecule has 0 aromatic heterocycles. The summed E-state index contributed by atoms with van der Waals surface area (Å²) >= 11 is 0. The van der Waals surface area contributed by atoms with Gasteiger partial charge in [-0.15, -0.1) is 0 Å². The van der Waals surface area contributed by atoms with E-state index in [2.05, 4.69) is 6.92 Å². The Hall–Kier alpha value is -1.84. The van der Waals surface area contributed by atoms with E-state index in [-0.39, 0.29) is 23.9 Å². The Morgan fingerprint density at radius 3 is 2.62 bits per heavy atom. The molecule has 21 heavy (non-hydrogen) atoms. The highest BCUT2D eigenvalue weighted by atomic mass is 16.2. The molecule has 112 valence electrons. The monoisotopic (exact) mass is 286 g/mol. The number of hydrogen-bond acceptors (Lipinski definition) is 2. The van der Waals surface area contributed by atoms with Crippen LogP contribution >= 0.6 is 0 Å². The Balaban J connectivity index is 1.85. The fraction of sp³-hybridized carbons (Fsp3) is 0.529. The SMILES string of the molecule is CC(c1ccccc1)N1CCC(=O)N2CCCCC2C1=O. The van der Waals surface area contributed by atoms with Gasteiger partial charge in [0.15, 0.2) is 0 Å². The van der Waals surface area contributed by atoms with Crippen LogP contribution in [0, 0.1) is 0 Å². The highest BCUT2D eigenvalue weighted by molar-refractivity contribution is 5.90. The van der Waals surface area contributed by atoms with E-state index < -0.39 is 0 Å². The molecule has 0 aliphatic carbocycles. The van der Waals surface area contributed by atoms with Crippen LogP contribution in [0.1, 0.15) is 44.2 Å². The maximum absolute atomic E-state index is 12.9. The van der Waals surface area contributed by atoms with Crippen LogP contribution in [0.2, 0.25) is 0 Å². The van der Waals surface area contributed by atoms with Crippen molar-refractivity contribution < 1.29 is 9.59 Å². The molecule has 1 aromatic carbocycles. The lowest BCUT2D eigenvalue weighted by Crippen LogP contribution is -2.50. The van der Waals surface area contributed by atoms with Crippen molar-refractivity contribution in [1.29, 1.82) is 0 Å². The Labute approximate surface area is 125 Å². The average molecular weight is 286 g/mol. The maximum Gasteiger partial charge on any atom is 0.245 e. The lowest BCUT2D eigenvalue weighted by Gasteiger charge is -2.36. The molecular formula is C17H22N2O2. The minimum absolute atomic E-state index is 0.0216. The van der Waals surface area contributed by atoms with Gasteiger partial charge in [-0.05, 0) is 31.7 Å². The Morgan fingerprint density at radius 1 is 1.10 bits per heavy atom. The van der Waals surface area contributed by atoms with E-state index in [0.717, 1.165) is 31.4 Å². The molecule has 2 heterocycles. The lowest BCUT2D eigenvalue weighted by atomic mass is 10.00. The number of hydrogen-bond donors (Lipinski definition) is 0. The standard InChI is InChI=1S/C17H22N2O2/c1-13(14-7-3-2-4-8-14)18-12-10-16(20)19-11-6-5-9-15(19)17(18)21/h2-4,7-8,13,15H,5-6,9-12H2,1H3. The van der Waals surface area contributed by atoms with Gasteiger partial charge in [0.05, 0.1) is 6.04 Å². The van der Waals surface area contributed by atoms with Gasteiger partial charge in [0.1, 0.15) is 6.04 Å². The first kappa shape index (κ1) is 14.1. The molecular weight excluding hydrogens is 264 g/mol. The number of rotatable bonds is 2. The van der Waals surface area contributed by atoms with Crippen LogP contribution in [0.15, 0.2) is 30.3 Å². The molecule has 4 nitrogen and oxygen atoms in total. The van der Waals surface area contributed by atoms with Crippen molar-refractivity contribution in [3.05, 3.63) is 35.9 Å². The topological polar surface area (TPSA) is 40.6 Å². The predicted octanol–water partition coefficient (Wildman–Crippen LogP) is 2.36. The third-order valence-electron chi connectivity index (χ3n) is 4.71. The van der Waals surface area contributed by atoms with Crippen LogP contribution in [-0.2, 0) is 9.59 Å². The van der Waals surface area contributed by atoms with Gasteiger partial charge in [0.2, 0.25) is 11.8 Å². The third kappa shape index (κ3) is 2.67. The fourth-order valence-corrected chi connectivity index (χ4v) is 3.44. The smallest absolute Gasteiger partial charge is 0.245 e. The zero-order valence-electron chi connectivity index (χ0n) is 12.5. The molecule has 3 rings (SSSR count). The van der Waals surface area contributed by atoms with E-state index in [0.29, 0.717) is 13.0 Å². The van der Waals surface area contributed by atoms with E-state index in [9.17, 15) is 9.59 Å². The molecule has 2 saturated heterocycles. The number of benzene rings is 1. The molecule has 2 atom stereocenters. The molecule has 2 aliphatic heterocycles. The minimum Gasteiger partial charge on any atom is -0.334 e. The first-order valence-electron chi connectivity index (χ1n) is 7.83. The number of amides is 2. The molecule has 2 unspecified atom stereocenters. The van der Waals surface area contributed by atoms with E-state index >= 15 is 0 Å². The first-order chi connectivity index (χ1) is 10.2. The van der Waals surface area contributed by atoms with Crippen molar-refractivity contribution in [1.82, 2.24) is 9.80 Å². The highest BCUT2D eigenvalue weighted by Gasteiger charge is 2.39. The highest BCUT2D eigenvalue weighted by Crippen LogP contribution is 2.28. The van der Waals surface area contributed by atoms with Crippen molar-refractivity contribution >= 4 is 11.8 Å². The number of carbonyl (C=O) groups is 2. The van der Waals surface area contributed by atoms with E-state index in [1.165, 1.54) is 0 Å². The second kappa shape index (κ2) is 5.88. The summed E-state index contributed by atoms with van der Waals surface area (Å²) in [6, 6.07) is 9.84. The fourth-order valence-electron chi connectivity index (χ4n) is 3.44. The summed E-state index contributed by atoms with van der Waals surface area (Å²) in [6.45, 7) is 3.32. The van der Waals surface area contributed by atoms with Gasteiger partial charge in [0.25, 0.3) is 0 Å². The number of nitrogens with zero attached hydrogens (tertiary/aromatic N) is 2. The number of piperidine rings is 1. The van der Waals surface area contributed by atoms with E-state index in [4.69, 9.17) is 0 Å². The molecule has 0 saturated carbocycles. The predicted molar refractivity (Wildman–Crippen MR) is 80.5 cm³/mol. The summed E-state index contributed by atoms with van der Waals surface area (Å²) in [7, 11) is 0. The summed E-state index contributed by atoms with van der Waals surface area (Å²) in [5.74, 6) is 0.257. The van der Waals surface area contributed by atoms with Gasteiger partial charge >= 0.3 is 0 Å². The van der Waals surface area contributed by atoms with Gasteiger partial charge in [-0.1, -0.05) is 30.3 Å². The maximum atomic E-state index is 12.9. The molecule has 0 radical (unpaired) electrons. The summed E-state index contributed by atoms with van der Waals surface area (Å²) in [4.78, 5) is 28.8. The van der Waals surface area contributed by atoms with Gasteiger partial charge < -0.3 is 9.80 Å². The van der Waals surface area contributed by atoms with Crippen LogP contribution in [0.3, 0.4) is 0 Å². The Kier molecular flexibility index (Phi) is 3.95. The largest absolute Gasteiger partial charge is 0.334 e. The van der Waals surface area contributed by atoms with Crippen LogP contribution in [0.4, 0.5) is 0 Å². The molecule has 2 fully saturated rings. The number of fused-ring (bicyclic) bond motifs is 1. The van der Waals surface area contributed by atoms with Crippen LogP contribution in [0.5, 0.6) is 0 Å². The van der Waals surface area contributed by atoms with Gasteiger partial charge in [-0.25, -0.2) is 0 Å². The van der Waals surface area contributed by atoms with Crippen molar-refractivity contribution in [2.45, 2.75) is 44.7 Å². The Bertz CT molecular complexity index is 529. The summed E-state index contributed by atoms with van der Waals surface area (Å²) in [6.07, 6.45) is 3.31. The molecule has 0 N–H and O–H groups in total. The second-order valence-electron chi connectivity index (χ2n) is 5.97. The molecule has 1 aromatic rings. The van der Waals surface area contributed by atoms with Gasteiger partial charge in [0, 0.05) is 19.5 Å². The van der Waals surface area contributed by atoms with Crippen molar-refractivity contribution in [3.8, 4) is 0 Å². The molecule has 2 amide bonds. The van der Waals surface area contributed by atoms with Crippen LogP contribution in [0.25, 0.3) is 0 Å². The van der Waals surface area contributed by atoms with Crippen molar-refractivity contribution in [2.75, 3.05) is 13.1 Å².